The molecule has 0 bridgehead atoms. The zero-order valence-electron chi connectivity index (χ0n) is 18.8. The summed E-state index contributed by atoms with van der Waals surface area (Å²) in [6, 6.07) is 21.1. The zero-order chi connectivity index (χ0) is 21.3. The van der Waals surface area contributed by atoms with Crippen molar-refractivity contribution in [1.82, 2.24) is 9.35 Å². The maximum absolute atomic E-state index is 4.80. The van der Waals surface area contributed by atoms with E-state index in [1.165, 1.54) is 11.1 Å². The van der Waals surface area contributed by atoms with Crippen LogP contribution in [0.15, 0.2) is 70.9 Å². The molecule has 4 nitrogen and oxygen atoms in total. The van der Waals surface area contributed by atoms with E-state index in [9.17, 15) is 0 Å². The number of benzene rings is 2. The molecule has 2 rings (SSSR count). The molecule has 156 valence electrons. The summed E-state index contributed by atoms with van der Waals surface area (Å²) in [6.45, 7) is 15.7. The van der Waals surface area contributed by atoms with Gasteiger partial charge in [0.1, 0.15) is 0 Å². The van der Waals surface area contributed by atoms with Crippen LogP contribution in [0.2, 0.25) is 39.3 Å². The molecule has 0 fully saturated rings. The second kappa shape index (κ2) is 10.6. The molecular weight excluding hydrogens is 388 g/mol. The minimum atomic E-state index is -1.54. The minimum absolute atomic E-state index is 0.742. The molecule has 0 atom stereocenters. The zero-order valence-corrected chi connectivity index (χ0v) is 20.8. The molecular formula is C23H36N4Si2. The molecule has 6 heteroatoms. The van der Waals surface area contributed by atoms with E-state index in [0.717, 1.165) is 19.5 Å². The molecule has 0 N–H and O–H groups in total. The van der Waals surface area contributed by atoms with Gasteiger partial charge in [-0.2, -0.15) is 10.2 Å². The van der Waals surface area contributed by atoms with Crippen LogP contribution in [0.4, 0.5) is 0 Å². The Morgan fingerprint density at radius 3 is 1.28 bits per heavy atom. The van der Waals surface area contributed by atoms with Crippen LogP contribution in [0.1, 0.15) is 17.5 Å². The first-order chi connectivity index (χ1) is 13.7. The van der Waals surface area contributed by atoms with Gasteiger partial charge in [0.2, 0.25) is 0 Å². The van der Waals surface area contributed by atoms with Gasteiger partial charge in [-0.15, -0.1) is 0 Å². The fraction of sp³-hybridized carbons (Fsp3) is 0.391. The Morgan fingerprint density at radius 2 is 0.966 bits per heavy atom. The van der Waals surface area contributed by atoms with Crippen LogP contribution in [0.3, 0.4) is 0 Å². The van der Waals surface area contributed by atoms with Gasteiger partial charge in [0.05, 0.1) is 13.1 Å². The summed E-state index contributed by atoms with van der Waals surface area (Å²) in [7, 11) is -3.09. The van der Waals surface area contributed by atoms with Gasteiger partial charge < -0.3 is 9.35 Å². The Kier molecular flexibility index (Phi) is 8.40. The van der Waals surface area contributed by atoms with E-state index < -0.39 is 16.5 Å². The number of hydrogen-bond acceptors (Lipinski definition) is 4. The molecule has 2 aromatic carbocycles. The highest BCUT2D eigenvalue weighted by atomic mass is 28.3. The highest BCUT2D eigenvalue weighted by molar-refractivity contribution is 6.73. The standard InChI is InChI=1S/C23H36N4Si2/c1-28(2,3)26(20-22-14-9-7-10-15-22)24-18-13-19-25-27(29(4,5)6)21-23-16-11-8-12-17-23/h7-12,14-19H,13,20-21H2,1-6H3. The molecule has 0 aliphatic carbocycles. The molecule has 0 amide bonds. The lowest BCUT2D eigenvalue weighted by atomic mass is 10.2. The van der Waals surface area contributed by atoms with E-state index in [2.05, 4.69) is 109 Å². The second-order valence-corrected chi connectivity index (χ2v) is 19.0. The Balaban J connectivity index is 1.99. The van der Waals surface area contributed by atoms with E-state index in [1.807, 2.05) is 12.4 Å². The van der Waals surface area contributed by atoms with Gasteiger partial charge in [0.15, 0.2) is 16.5 Å². The lowest BCUT2D eigenvalue weighted by Gasteiger charge is -2.32. The lowest BCUT2D eigenvalue weighted by Crippen LogP contribution is -2.42. The van der Waals surface area contributed by atoms with Crippen molar-refractivity contribution < 1.29 is 0 Å². The quantitative estimate of drug-likeness (QED) is 0.265. The summed E-state index contributed by atoms with van der Waals surface area (Å²) in [5.74, 6) is 0. The first-order valence-electron chi connectivity index (χ1n) is 10.3. The van der Waals surface area contributed by atoms with E-state index in [1.54, 1.807) is 0 Å². The predicted molar refractivity (Wildman–Crippen MR) is 132 cm³/mol. The average molecular weight is 425 g/mol. The van der Waals surface area contributed by atoms with Gasteiger partial charge in [-0.1, -0.05) is 99.9 Å². The van der Waals surface area contributed by atoms with Crippen molar-refractivity contribution in [3.05, 3.63) is 71.8 Å². The molecule has 0 aliphatic rings. The summed E-state index contributed by atoms with van der Waals surface area (Å²) in [5, 5.41) is 9.61. The van der Waals surface area contributed by atoms with Crippen LogP contribution in [-0.4, -0.2) is 38.2 Å². The second-order valence-electron chi connectivity index (χ2n) is 9.26. The largest absolute Gasteiger partial charge is 0.321 e. The Bertz CT molecular complexity index is 711. The summed E-state index contributed by atoms with van der Waals surface area (Å²) in [6.07, 6.45) is 4.73. The average Bonchev–Trinajstić information content (AvgIpc) is 2.66. The van der Waals surface area contributed by atoms with Gasteiger partial charge >= 0.3 is 0 Å². The molecule has 29 heavy (non-hydrogen) atoms. The molecule has 0 heterocycles. The number of hydrogen-bond donors (Lipinski definition) is 0. The van der Waals surface area contributed by atoms with Crippen LogP contribution in [0.25, 0.3) is 0 Å². The molecule has 0 saturated heterocycles. The van der Waals surface area contributed by atoms with Crippen molar-refractivity contribution in [2.24, 2.45) is 10.2 Å². The lowest BCUT2D eigenvalue weighted by molar-refractivity contribution is 0.443. The normalized spacial score (nSPS) is 12.6. The highest BCUT2D eigenvalue weighted by Crippen LogP contribution is 2.16. The van der Waals surface area contributed by atoms with Crippen molar-refractivity contribution in [2.75, 3.05) is 0 Å². The third-order valence-electron chi connectivity index (χ3n) is 4.55. The first-order valence-corrected chi connectivity index (χ1v) is 17.2. The van der Waals surface area contributed by atoms with Gasteiger partial charge in [-0.25, -0.2) is 0 Å². The Hall–Kier alpha value is -2.19. The van der Waals surface area contributed by atoms with Crippen molar-refractivity contribution >= 4 is 28.9 Å². The van der Waals surface area contributed by atoms with Gasteiger partial charge in [0, 0.05) is 18.9 Å². The van der Waals surface area contributed by atoms with Crippen LogP contribution < -0.4 is 0 Å². The van der Waals surface area contributed by atoms with Crippen molar-refractivity contribution in [2.45, 2.75) is 58.8 Å². The molecule has 0 radical (unpaired) electrons. The smallest absolute Gasteiger partial charge is 0.169 e. The predicted octanol–water partition coefficient (Wildman–Crippen LogP) is 6.02. The molecule has 2 aromatic rings. The van der Waals surface area contributed by atoms with E-state index in [4.69, 9.17) is 10.2 Å². The summed E-state index contributed by atoms with van der Waals surface area (Å²) >= 11 is 0. The SMILES string of the molecule is C[Si](C)(C)N(Cc1ccccc1)N=CCC=NN(Cc1ccccc1)[Si](C)(C)C. The molecule has 0 unspecified atom stereocenters. The Morgan fingerprint density at radius 1 is 0.621 bits per heavy atom. The van der Waals surface area contributed by atoms with Crippen LogP contribution in [0, 0.1) is 0 Å². The molecule has 0 saturated carbocycles. The van der Waals surface area contributed by atoms with Crippen molar-refractivity contribution in [3.63, 3.8) is 0 Å². The van der Waals surface area contributed by atoms with E-state index in [0.29, 0.717) is 0 Å². The van der Waals surface area contributed by atoms with Crippen molar-refractivity contribution in [1.29, 1.82) is 0 Å². The van der Waals surface area contributed by atoms with Crippen LogP contribution in [0.5, 0.6) is 0 Å². The summed E-state index contributed by atoms with van der Waals surface area (Å²) < 4.78 is 4.55. The van der Waals surface area contributed by atoms with Crippen LogP contribution in [-0.2, 0) is 13.1 Å². The number of nitrogens with zero attached hydrogens (tertiary/aromatic N) is 4. The van der Waals surface area contributed by atoms with E-state index in [-0.39, 0.29) is 0 Å². The van der Waals surface area contributed by atoms with Gasteiger partial charge in [0.25, 0.3) is 0 Å². The van der Waals surface area contributed by atoms with E-state index >= 15 is 0 Å². The van der Waals surface area contributed by atoms with Gasteiger partial charge in [-0.05, 0) is 11.1 Å². The van der Waals surface area contributed by atoms with Crippen molar-refractivity contribution in [3.8, 4) is 0 Å². The molecule has 0 aliphatic heterocycles. The third kappa shape index (κ3) is 8.37. The maximum Gasteiger partial charge on any atom is 0.169 e. The fourth-order valence-corrected chi connectivity index (χ4v) is 4.92. The first kappa shape index (κ1) is 23.1. The topological polar surface area (TPSA) is 31.2 Å². The summed E-state index contributed by atoms with van der Waals surface area (Å²) in [4.78, 5) is 0. The molecule has 0 spiro atoms. The molecule has 0 aromatic heterocycles. The maximum atomic E-state index is 4.80. The van der Waals surface area contributed by atoms with Crippen LogP contribution >= 0.6 is 0 Å². The highest BCUT2D eigenvalue weighted by Gasteiger charge is 2.23. The Labute approximate surface area is 179 Å². The fourth-order valence-electron chi connectivity index (χ4n) is 2.75. The summed E-state index contributed by atoms with van der Waals surface area (Å²) in [5.41, 5.74) is 2.60. The number of rotatable bonds is 10. The monoisotopic (exact) mass is 424 g/mol. The number of hydrazone groups is 2. The third-order valence-corrected chi connectivity index (χ3v) is 8.20. The van der Waals surface area contributed by atoms with Gasteiger partial charge in [-0.3, -0.25) is 0 Å². The minimum Gasteiger partial charge on any atom is -0.321 e.